The van der Waals surface area contributed by atoms with Crippen LogP contribution in [0.15, 0.2) is 24.3 Å². The van der Waals surface area contributed by atoms with E-state index in [1.165, 1.54) is 32.1 Å². The maximum absolute atomic E-state index is 12.3. The molecule has 0 bridgehead atoms. The van der Waals surface area contributed by atoms with Gasteiger partial charge in [0.05, 0.1) is 6.04 Å². The van der Waals surface area contributed by atoms with Crippen LogP contribution >= 0.6 is 0 Å². The van der Waals surface area contributed by atoms with Crippen LogP contribution in [0.2, 0.25) is 0 Å². The first-order valence-corrected chi connectivity index (χ1v) is 7.93. The average molecular weight is 289 g/mol. The molecule has 3 N–H and O–H groups in total. The zero-order valence-electron chi connectivity index (χ0n) is 13.1. The highest BCUT2D eigenvalue weighted by atomic mass is 16.2. The van der Waals surface area contributed by atoms with E-state index < -0.39 is 0 Å². The summed E-state index contributed by atoms with van der Waals surface area (Å²) in [7, 11) is 2.04. The summed E-state index contributed by atoms with van der Waals surface area (Å²) in [5.74, 6) is 0.769. The van der Waals surface area contributed by atoms with Gasteiger partial charge in [-0.1, -0.05) is 25.3 Å². The number of hydrogen-bond acceptors (Lipinski definition) is 3. The van der Waals surface area contributed by atoms with Crippen LogP contribution in [0.5, 0.6) is 0 Å². The van der Waals surface area contributed by atoms with E-state index in [-0.39, 0.29) is 11.9 Å². The van der Waals surface area contributed by atoms with Crippen molar-refractivity contribution in [3.63, 3.8) is 0 Å². The van der Waals surface area contributed by atoms with Crippen LogP contribution in [-0.2, 0) is 4.79 Å². The van der Waals surface area contributed by atoms with E-state index >= 15 is 0 Å². The second kappa shape index (κ2) is 7.46. The summed E-state index contributed by atoms with van der Waals surface area (Å²) < 4.78 is 0. The van der Waals surface area contributed by atoms with Gasteiger partial charge in [-0.15, -0.1) is 0 Å². The summed E-state index contributed by atoms with van der Waals surface area (Å²) in [5.41, 5.74) is 7.16. The largest absolute Gasteiger partial charge is 0.399 e. The third-order valence-electron chi connectivity index (χ3n) is 4.47. The van der Waals surface area contributed by atoms with Gasteiger partial charge >= 0.3 is 0 Å². The molecule has 21 heavy (non-hydrogen) atoms. The Balaban J connectivity index is 1.85. The standard InChI is InChI=1S/C17H27N3O/c1-13(20(2)12-14-7-4-3-5-8-14)17(21)19-16-10-6-9-15(18)11-16/h6,9-11,13-14H,3-5,7-8,12,18H2,1-2H3,(H,19,21). The van der Waals surface area contributed by atoms with E-state index in [0.717, 1.165) is 18.2 Å². The number of anilines is 2. The smallest absolute Gasteiger partial charge is 0.241 e. The van der Waals surface area contributed by atoms with E-state index in [1.54, 1.807) is 6.07 Å². The van der Waals surface area contributed by atoms with Crippen molar-refractivity contribution in [2.45, 2.75) is 45.1 Å². The molecule has 1 unspecified atom stereocenters. The molecule has 1 aliphatic rings. The fourth-order valence-corrected chi connectivity index (χ4v) is 3.00. The van der Waals surface area contributed by atoms with Crippen molar-refractivity contribution in [2.24, 2.45) is 5.92 Å². The van der Waals surface area contributed by atoms with E-state index in [0.29, 0.717) is 5.69 Å². The summed E-state index contributed by atoms with van der Waals surface area (Å²) in [6.45, 7) is 2.97. The molecule has 4 heteroatoms. The number of amides is 1. The molecular formula is C17H27N3O. The zero-order chi connectivity index (χ0) is 15.2. The normalized spacial score (nSPS) is 17.7. The van der Waals surface area contributed by atoms with Crippen molar-refractivity contribution >= 4 is 17.3 Å². The highest BCUT2D eigenvalue weighted by molar-refractivity contribution is 5.94. The van der Waals surface area contributed by atoms with Crippen LogP contribution in [-0.4, -0.2) is 30.4 Å². The molecule has 116 valence electrons. The summed E-state index contributed by atoms with van der Waals surface area (Å²) in [5, 5.41) is 2.94. The van der Waals surface area contributed by atoms with Gasteiger partial charge in [0.15, 0.2) is 0 Å². The van der Waals surface area contributed by atoms with E-state index in [1.807, 2.05) is 32.2 Å². The molecule has 2 rings (SSSR count). The third kappa shape index (κ3) is 4.74. The minimum absolute atomic E-state index is 0.0268. The van der Waals surface area contributed by atoms with Gasteiger partial charge in [0, 0.05) is 17.9 Å². The predicted molar refractivity (Wildman–Crippen MR) is 88.2 cm³/mol. The van der Waals surface area contributed by atoms with Crippen molar-refractivity contribution in [1.29, 1.82) is 0 Å². The fourth-order valence-electron chi connectivity index (χ4n) is 3.00. The summed E-state index contributed by atoms with van der Waals surface area (Å²) in [6, 6.07) is 7.18. The second-order valence-electron chi connectivity index (χ2n) is 6.23. The highest BCUT2D eigenvalue weighted by Gasteiger charge is 2.22. The topological polar surface area (TPSA) is 58.4 Å². The number of carbonyl (C=O) groups excluding carboxylic acids is 1. The summed E-state index contributed by atoms with van der Waals surface area (Å²) in [6.07, 6.45) is 6.64. The predicted octanol–water partition coefficient (Wildman–Crippen LogP) is 3.11. The number of benzene rings is 1. The molecule has 0 aromatic heterocycles. The van der Waals surface area contributed by atoms with Crippen molar-refractivity contribution in [2.75, 3.05) is 24.6 Å². The Morgan fingerprint density at radius 3 is 2.76 bits per heavy atom. The Morgan fingerprint density at radius 1 is 1.38 bits per heavy atom. The number of likely N-dealkylation sites (N-methyl/N-ethyl adjacent to an activating group) is 1. The number of nitrogen functional groups attached to an aromatic ring is 1. The molecule has 1 fully saturated rings. The lowest BCUT2D eigenvalue weighted by Crippen LogP contribution is -2.42. The van der Waals surface area contributed by atoms with Gasteiger partial charge in [0.1, 0.15) is 0 Å². The van der Waals surface area contributed by atoms with Crippen molar-refractivity contribution in [3.8, 4) is 0 Å². The lowest BCUT2D eigenvalue weighted by molar-refractivity contribution is -0.120. The molecule has 0 radical (unpaired) electrons. The Morgan fingerprint density at radius 2 is 2.10 bits per heavy atom. The maximum atomic E-state index is 12.3. The number of hydrogen-bond donors (Lipinski definition) is 2. The molecule has 0 spiro atoms. The summed E-state index contributed by atoms with van der Waals surface area (Å²) >= 11 is 0. The molecule has 1 aromatic rings. The van der Waals surface area contributed by atoms with E-state index in [9.17, 15) is 4.79 Å². The van der Waals surface area contributed by atoms with Gasteiger partial charge < -0.3 is 11.1 Å². The lowest BCUT2D eigenvalue weighted by atomic mass is 9.89. The van der Waals surface area contributed by atoms with Gasteiger partial charge in [0.25, 0.3) is 0 Å². The first-order chi connectivity index (χ1) is 10.1. The first kappa shape index (κ1) is 15.8. The van der Waals surface area contributed by atoms with Crippen LogP contribution in [0.3, 0.4) is 0 Å². The SMILES string of the molecule is CC(C(=O)Nc1cccc(N)c1)N(C)CC1CCCCC1. The molecular weight excluding hydrogens is 262 g/mol. The fraction of sp³-hybridized carbons (Fsp3) is 0.588. The molecule has 1 amide bonds. The highest BCUT2D eigenvalue weighted by Crippen LogP contribution is 2.24. The zero-order valence-corrected chi connectivity index (χ0v) is 13.1. The van der Waals surface area contributed by atoms with Crippen molar-refractivity contribution in [3.05, 3.63) is 24.3 Å². The first-order valence-electron chi connectivity index (χ1n) is 7.93. The Bertz CT molecular complexity index is 469. The van der Waals surface area contributed by atoms with Crippen molar-refractivity contribution < 1.29 is 4.79 Å². The Hall–Kier alpha value is -1.55. The van der Waals surface area contributed by atoms with Gasteiger partial charge in [-0.2, -0.15) is 0 Å². The molecule has 1 atom stereocenters. The van der Waals surface area contributed by atoms with Gasteiger partial charge in [0.2, 0.25) is 5.91 Å². The second-order valence-corrected chi connectivity index (χ2v) is 6.23. The monoisotopic (exact) mass is 289 g/mol. The van der Waals surface area contributed by atoms with Crippen LogP contribution in [0.25, 0.3) is 0 Å². The molecule has 1 aliphatic carbocycles. The van der Waals surface area contributed by atoms with E-state index in [2.05, 4.69) is 10.2 Å². The number of nitrogens with one attached hydrogen (secondary N) is 1. The van der Waals surface area contributed by atoms with Gasteiger partial charge in [-0.25, -0.2) is 0 Å². The molecule has 4 nitrogen and oxygen atoms in total. The van der Waals surface area contributed by atoms with Crippen LogP contribution < -0.4 is 11.1 Å². The lowest BCUT2D eigenvalue weighted by Gasteiger charge is -2.30. The molecule has 1 aromatic carbocycles. The van der Waals surface area contributed by atoms with E-state index in [4.69, 9.17) is 5.73 Å². The van der Waals surface area contributed by atoms with Gasteiger partial charge in [-0.3, -0.25) is 9.69 Å². The average Bonchev–Trinajstić information content (AvgIpc) is 2.47. The van der Waals surface area contributed by atoms with Crippen molar-refractivity contribution in [1.82, 2.24) is 4.90 Å². The maximum Gasteiger partial charge on any atom is 0.241 e. The van der Waals surface area contributed by atoms with Crippen LogP contribution in [0.1, 0.15) is 39.0 Å². The number of nitrogens with two attached hydrogens (primary N) is 1. The molecule has 1 saturated carbocycles. The van der Waals surface area contributed by atoms with Crippen LogP contribution in [0, 0.1) is 5.92 Å². The Kier molecular flexibility index (Phi) is 5.62. The third-order valence-corrected chi connectivity index (χ3v) is 4.47. The minimum Gasteiger partial charge on any atom is -0.399 e. The Labute approximate surface area is 127 Å². The molecule has 0 saturated heterocycles. The molecule has 0 aliphatic heterocycles. The molecule has 0 heterocycles. The number of rotatable bonds is 5. The minimum atomic E-state index is -0.131. The number of nitrogens with zero attached hydrogens (tertiary/aromatic N) is 1. The van der Waals surface area contributed by atoms with Gasteiger partial charge in [-0.05, 0) is 50.9 Å². The van der Waals surface area contributed by atoms with Crippen LogP contribution in [0.4, 0.5) is 11.4 Å². The number of carbonyl (C=O) groups is 1. The summed E-state index contributed by atoms with van der Waals surface area (Å²) in [4.78, 5) is 14.5. The quantitative estimate of drug-likeness (QED) is 0.819.